The van der Waals surface area contributed by atoms with Crippen LogP contribution in [0.2, 0.25) is 10.0 Å². The third-order valence-electron chi connectivity index (χ3n) is 5.51. The van der Waals surface area contributed by atoms with Gasteiger partial charge in [-0.3, -0.25) is 4.79 Å². The predicted molar refractivity (Wildman–Crippen MR) is 116 cm³/mol. The van der Waals surface area contributed by atoms with Gasteiger partial charge in [0.15, 0.2) is 39.5 Å². The third-order valence-corrected chi connectivity index (χ3v) is 8.26. The molecule has 0 saturated carbocycles. The molecule has 0 N–H and O–H groups in total. The van der Waals surface area contributed by atoms with Crippen molar-refractivity contribution in [2.24, 2.45) is 5.41 Å². The maximum absolute atomic E-state index is 13.2. The normalized spacial score (nSPS) is 18.3. The number of rotatable bonds is 5. The Hall–Kier alpha value is -2.03. The van der Waals surface area contributed by atoms with Crippen molar-refractivity contribution in [2.75, 3.05) is 24.7 Å². The number of ketones is 1. The lowest BCUT2D eigenvalue weighted by atomic mass is 9.94. The number of nitrogens with zero attached hydrogens (tertiary/aromatic N) is 1. The van der Waals surface area contributed by atoms with Crippen LogP contribution in [0.15, 0.2) is 24.5 Å². The lowest BCUT2D eigenvalue weighted by molar-refractivity contribution is -0.605. The Morgan fingerprint density at radius 1 is 1.13 bits per heavy atom. The molecule has 10 heteroatoms. The number of benzene rings is 1. The fraction of sp³-hybridized carbons (Fsp3) is 0.429. The number of halogens is 2. The number of carbonyl (C=O) groups is 1. The van der Waals surface area contributed by atoms with Gasteiger partial charge in [0, 0.05) is 12.0 Å². The second-order valence-electron chi connectivity index (χ2n) is 8.18. The Balaban J connectivity index is 1.68. The third kappa shape index (κ3) is 4.33. The van der Waals surface area contributed by atoms with Crippen LogP contribution in [0.1, 0.15) is 34.8 Å². The minimum Gasteiger partial charge on any atom is -0.619 e. The summed E-state index contributed by atoms with van der Waals surface area (Å²) in [6.07, 6.45) is 3.75. The van der Waals surface area contributed by atoms with E-state index in [9.17, 15) is 18.4 Å². The molecule has 1 saturated heterocycles. The molecule has 1 aromatic carbocycles. The minimum atomic E-state index is -3.08. The zero-order chi connectivity index (χ0) is 22.4. The Morgan fingerprint density at radius 3 is 2.32 bits per heavy atom. The molecule has 1 fully saturated rings. The smallest absolute Gasteiger partial charge is 0.199 e. The van der Waals surface area contributed by atoms with E-state index in [0.717, 1.165) is 30.8 Å². The molecule has 0 aliphatic carbocycles. The Kier molecular flexibility index (Phi) is 5.83. The fourth-order valence-corrected chi connectivity index (χ4v) is 6.79. The first-order chi connectivity index (χ1) is 14.6. The number of fused-ring (bicyclic) bond motifs is 1. The van der Waals surface area contributed by atoms with Crippen molar-refractivity contribution in [1.82, 2.24) is 0 Å². The number of hydrogen-bond acceptors (Lipinski definition) is 6. The fourth-order valence-electron chi connectivity index (χ4n) is 4.10. The molecule has 0 unspecified atom stereocenters. The summed E-state index contributed by atoms with van der Waals surface area (Å²) in [6.45, 7) is 2.40. The van der Waals surface area contributed by atoms with E-state index in [1.807, 2.05) is 13.0 Å². The van der Waals surface area contributed by atoms with Crippen molar-refractivity contribution in [3.8, 4) is 11.5 Å². The van der Waals surface area contributed by atoms with Gasteiger partial charge in [-0.05, 0) is 18.1 Å². The number of ether oxygens (including phenoxy) is 2. The maximum Gasteiger partial charge on any atom is 0.199 e. The van der Waals surface area contributed by atoms with Crippen LogP contribution >= 0.6 is 23.2 Å². The molecule has 0 atom stereocenters. The summed E-state index contributed by atoms with van der Waals surface area (Å²) in [4.78, 5) is 13.2. The molecule has 166 valence electrons. The SMILES string of the molecule is CCCc1ccc(C(=O)Cc2c(Cl)c[n+]([O-])cc2Cl)c2c1OCC1(CO2)CS(=O)(=O)C1. The van der Waals surface area contributed by atoms with E-state index in [2.05, 4.69) is 0 Å². The van der Waals surface area contributed by atoms with Gasteiger partial charge >= 0.3 is 0 Å². The Bertz CT molecular complexity index is 1130. The van der Waals surface area contributed by atoms with Crippen molar-refractivity contribution in [3.05, 3.63) is 56.5 Å². The van der Waals surface area contributed by atoms with E-state index >= 15 is 0 Å². The largest absolute Gasteiger partial charge is 0.619 e. The van der Waals surface area contributed by atoms with Crippen LogP contribution in [0.25, 0.3) is 0 Å². The van der Waals surface area contributed by atoms with Crippen LogP contribution in [0.5, 0.6) is 11.5 Å². The summed E-state index contributed by atoms with van der Waals surface area (Å²) < 4.78 is 36.1. The molecule has 2 aromatic rings. The van der Waals surface area contributed by atoms with Crippen LogP contribution in [-0.2, 0) is 22.7 Å². The van der Waals surface area contributed by atoms with Gasteiger partial charge < -0.3 is 14.7 Å². The van der Waals surface area contributed by atoms with E-state index in [0.29, 0.717) is 27.4 Å². The van der Waals surface area contributed by atoms with Crippen molar-refractivity contribution < 1.29 is 27.4 Å². The van der Waals surface area contributed by atoms with Gasteiger partial charge in [-0.1, -0.05) is 42.6 Å². The number of sulfone groups is 1. The van der Waals surface area contributed by atoms with E-state index in [-0.39, 0.29) is 47.0 Å². The molecular formula is C21H21Cl2NO6S. The molecule has 3 heterocycles. The van der Waals surface area contributed by atoms with Crippen molar-refractivity contribution in [2.45, 2.75) is 26.2 Å². The second kappa shape index (κ2) is 8.15. The lowest BCUT2D eigenvalue weighted by Crippen LogP contribution is -2.55. The van der Waals surface area contributed by atoms with Crippen molar-refractivity contribution in [3.63, 3.8) is 0 Å². The number of hydrogen-bond donors (Lipinski definition) is 0. The zero-order valence-corrected chi connectivity index (χ0v) is 19.1. The first-order valence-corrected chi connectivity index (χ1v) is 12.4. The quantitative estimate of drug-likeness (QED) is 0.366. The standard InChI is InChI=1S/C21H21Cl2NO6S/c1-2-3-13-4-5-14(18(25)6-15-16(22)7-24(26)8-17(15)23)20-19(13)29-9-21(10-30-20)11-31(27,28)12-21/h4-5,7-8H,2-3,6,9-12H2,1H3. The minimum absolute atomic E-state index is 0.00477. The molecule has 0 bridgehead atoms. The number of carbonyl (C=O) groups excluding carboxylic acids is 1. The van der Waals surface area contributed by atoms with Crippen LogP contribution in [0.4, 0.5) is 0 Å². The average Bonchev–Trinajstić information content (AvgIpc) is 2.85. The molecule has 1 spiro atoms. The van der Waals surface area contributed by atoms with E-state index < -0.39 is 15.3 Å². The van der Waals surface area contributed by atoms with Crippen LogP contribution in [-0.4, -0.2) is 38.9 Å². The summed E-state index contributed by atoms with van der Waals surface area (Å²) in [7, 11) is -3.08. The number of pyridine rings is 1. The summed E-state index contributed by atoms with van der Waals surface area (Å²) in [5.41, 5.74) is 0.953. The van der Waals surface area contributed by atoms with Gasteiger partial charge in [0.25, 0.3) is 0 Å². The highest BCUT2D eigenvalue weighted by molar-refractivity contribution is 7.92. The van der Waals surface area contributed by atoms with E-state index in [1.165, 1.54) is 0 Å². The highest BCUT2D eigenvalue weighted by atomic mass is 35.5. The van der Waals surface area contributed by atoms with Crippen LogP contribution in [0, 0.1) is 10.6 Å². The van der Waals surface area contributed by atoms with Gasteiger partial charge in [0.2, 0.25) is 0 Å². The number of Topliss-reactive ketones (excluding diaryl/α,β-unsaturated/α-hetero) is 1. The summed E-state index contributed by atoms with van der Waals surface area (Å²) >= 11 is 12.2. The Labute approximate surface area is 190 Å². The Morgan fingerprint density at radius 2 is 1.74 bits per heavy atom. The summed E-state index contributed by atoms with van der Waals surface area (Å²) in [5, 5.41) is 11.7. The zero-order valence-electron chi connectivity index (χ0n) is 16.8. The van der Waals surface area contributed by atoms with Crippen LogP contribution in [0.3, 0.4) is 0 Å². The molecule has 2 aliphatic heterocycles. The molecule has 7 nitrogen and oxygen atoms in total. The van der Waals surface area contributed by atoms with E-state index in [4.69, 9.17) is 32.7 Å². The molecule has 4 rings (SSSR count). The molecule has 1 aromatic heterocycles. The lowest BCUT2D eigenvalue weighted by Gasteiger charge is -2.38. The summed E-state index contributed by atoms with van der Waals surface area (Å²) in [6, 6.07) is 3.51. The topological polar surface area (TPSA) is 96.6 Å². The highest BCUT2D eigenvalue weighted by Gasteiger charge is 2.51. The van der Waals surface area contributed by atoms with Gasteiger partial charge in [-0.15, -0.1) is 0 Å². The molecule has 2 aliphatic rings. The first kappa shape index (κ1) is 22.2. The van der Waals surface area contributed by atoms with Gasteiger partial charge in [0.05, 0.1) is 35.7 Å². The monoisotopic (exact) mass is 485 g/mol. The van der Waals surface area contributed by atoms with Crippen LogP contribution < -0.4 is 14.2 Å². The number of aryl methyl sites for hydroxylation is 1. The van der Waals surface area contributed by atoms with E-state index in [1.54, 1.807) is 6.07 Å². The second-order valence-corrected chi connectivity index (χ2v) is 11.1. The van der Waals surface area contributed by atoms with Gasteiger partial charge in [-0.2, -0.15) is 4.73 Å². The van der Waals surface area contributed by atoms with Crippen molar-refractivity contribution >= 4 is 38.8 Å². The van der Waals surface area contributed by atoms with Gasteiger partial charge in [-0.25, -0.2) is 8.42 Å². The molecule has 0 radical (unpaired) electrons. The maximum atomic E-state index is 13.2. The van der Waals surface area contributed by atoms with Crippen molar-refractivity contribution in [1.29, 1.82) is 0 Å². The first-order valence-electron chi connectivity index (χ1n) is 9.85. The predicted octanol–water partition coefficient (Wildman–Crippen LogP) is 3.19. The molecule has 31 heavy (non-hydrogen) atoms. The number of aromatic nitrogens is 1. The average molecular weight is 486 g/mol. The van der Waals surface area contributed by atoms with Gasteiger partial charge in [0.1, 0.15) is 10.0 Å². The molecular weight excluding hydrogens is 465 g/mol. The summed E-state index contributed by atoms with van der Waals surface area (Å²) in [5.74, 6) is 0.513. The molecule has 0 amide bonds. The highest BCUT2D eigenvalue weighted by Crippen LogP contribution is 2.44.